The minimum atomic E-state index is 0.293. The second-order valence-electron chi connectivity index (χ2n) is 7.84. The van der Waals surface area contributed by atoms with E-state index < -0.39 is 0 Å². The van der Waals surface area contributed by atoms with Crippen LogP contribution in [-0.4, -0.2) is 12.2 Å². The van der Waals surface area contributed by atoms with Crippen LogP contribution in [0.25, 0.3) is 23.1 Å². The molecular formula is C26H27N2O+. The standard InChI is InChI=1S/C26H26N2O/c1-18(2)23-16-20-13-15-22(28(4)25(20)17-26(23)29)10-7-9-21-14-12-19-8-5-6-11-24(19)27(21)3/h5-18H,1-4H3/p+1. The van der Waals surface area contributed by atoms with Gasteiger partial charge in [-0.05, 0) is 47.4 Å². The molecule has 0 fully saturated rings. The normalized spacial score (nSPS) is 15.1. The molecule has 0 atom stereocenters. The Balaban J connectivity index is 1.63. The van der Waals surface area contributed by atoms with Crippen molar-refractivity contribution in [1.82, 2.24) is 0 Å². The van der Waals surface area contributed by atoms with Gasteiger partial charge < -0.3 is 10.0 Å². The van der Waals surface area contributed by atoms with Crippen molar-refractivity contribution in [1.29, 1.82) is 0 Å². The summed E-state index contributed by atoms with van der Waals surface area (Å²) in [6, 6.07) is 16.6. The van der Waals surface area contributed by atoms with Crippen molar-refractivity contribution in [2.24, 2.45) is 7.05 Å². The van der Waals surface area contributed by atoms with Crippen LogP contribution < -0.4 is 9.47 Å². The van der Waals surface area contributed by atoms with Crippen molar-refractivity contribution >= 4 is 28.7 Å². The highest BCUT2D eigenvalue weighted by Crippen LogP contribution is 2.37. The van der Waals surface area contributed by atoms with Crippen LogP contribution >= 0.6 is 0 Å². The Hall–Kier alpha value is -3.33. The summed E-state index contributed by atoms with van der Waals surface area (Å²) in [6.45, 7) is 4.20. The number of aryl methyl sites for hydroxylation is 1. The van der Waals surface area contributed by atoms with Gasteiger partial charge in [0, 0.05) is 42.4 Å². The van der Waals surface area contributed by atoms with Crippen molar-refractivity contribution in [3.05, 3.63) is 89.3 Å². The number of hydrogen-bond acceptors (Lipinski definition) is 2. The van der Waals surface area contributed by atoms with Gasteiger partial charge in [0.2, 0.25) is 11.2 Å². The second kappa shape index (κ2) is 7.59. The molecule has 4 rings (SSSR count). The molecule has 146 valence electrons. The van der Waals surface area contributed by atoms with Crippen molar-refractivity contribution in [3.8, 4) is 5.75 Å². The molecule has 0 aliphatic carbocycles. The number of phenols is 1. The smallest absolute Gasteiger partial charge is 0.212 e. The lowest BCUT2D eigenvalue weighted by Crippen LogP contribution is -2.32. The summed E-state index contributed by atoms with van der Waals surface area (Å²) in [7, 11) is 4.12. The third kappa shape index (κ3) is 3.56. The molecule has 1 N–H and O–H groups in total. The highest BCUT2D eigenvalue weighted by molar-refractivity contribution is 5.79. The number of para-hydroxylation sites is 1. The number of rotatable bonds is 3. The summed E-state index contributed by atoms with van der Waals surface area (Å²) in [5.74, 6) is 0.653. The third-order valence-electron chi connectivity index (χ3n) is 5.63. The molecular weight excluding hydrogens is 356 g/mol. The Kier molecular flexibility index (Phi) is 4.98. The predicted molar refractivity (Wildman–Crippen MR) is 122 cm³/mol. The number of hydrogen-bond donors (Lipinski definition) is 1. The van der Waals surface area contributed by atoms with Crippen LogP contribution in [0.5, 0.6) is 5.75 Å². The lowest BCUT2D eigenvalue weighted by atomic mass is 9.96. The van der Waals surface area contributed by atoms with E-state index in [1.54, 1.807) is 0 Å². The lowest BCUT2D eigenvalue weighted by molar-refractivity contribution is -0.646. The van der Waals surface area contributed by atoms with E-state index in [0.717, 1.165) is 28.2 Å². The molecule has 0 bridgehead atoms. The summed E-state index contributed by atoms with van der Waals surface area (Å²) in [4.78, 5) is 2.11. The Labute approximate surface area is 172 Å². The first-order chi connectivity index (χ1) is 14.0. The van der Waals surface area contributed by atoms with E-state index in [9.17, 15) is 5.11 Å². The molecule has 2 heterocycles. The molecule has 0 saturated carbocycles. The van der Waals surface area contributed by atoms with E-state index >= 15 is 0 Å². The molecule has 1 aliphatic heterocycles. The average Bonchev–Trinajstić information content (AvgIpc) is 2.71. The summed E-state index contributed by atoms with van der Waals surface area (Å²) in [6.07, 6.45) is 10.5. The lowest BCUT2D eigenvalue weighted by Gasteiger charge is -2.27. The molecule has 0 radical (unpaired) electrons. The number of pyridine rings is 1. The molecule has 0 unspecified atom stereocenters. The van der Waals surface area contributed by atoms with Gasteiger partial charge in [0.15, 0.2) is 0 Å². The van der Waals surface area contributed by atoms with Gasteiger partial charge in [0.25, 0.3) is 0 Å². The molecule has 2 aromatic carbocycles. The molecule has 3 heteroatoms. The number of fused-ring (bicyclic) bond motifs is 2. The van der Waals surface area contributed by atoms with Crippen LogP contribution in [0.1, 0.15) is 36.6 Å². The zero-order valence-corrected chi connectivity index (χ0v) is 17.4. The molecule has 0 saturated heterocycles. The molecule has 3 aromatic rings. The van der Waals surface area contributed by atoms with Gasteiger partial charge in [-0.2, -0.15) is 4.57 Å². The second-order valence-corrected chi connectivity index (χ2v) is 7.84. The first-order valence-electron chi connectivity index (χ1n) is 10.0. The van der Waals surface area contributed by atoms with Crippen LogP contribution in [-0.2, 0) is 7.05 Å². The maximum atomic E-state index is 10.4. The molecule has 1 aromatic heterocycles. The van der Waals surface area contributed by atoms with Gasteiger partial charge in [0.1, 0.15) is 12.8 Å². The van der Waals surface area contributed by atoms with Crippen molar-refractivity contribution < 1.29 is 9.67 Å². The number of anilines is 1. The number of aromatic nitrogens is 1. The summed E-state index contributed by atoms with van der Waals surface area (Å²) in [5, 5.41) is 11.6. The highest BCUT2D eigenvalue weighted by Gasteiger charge is 2.17. The third-order valence-corrected chi connectivity index (χ3v) is 5.63. The first kappa shape index (κ1) is 19.0. The maximum Gasteiger partial charge on any atom is 0.212 e. The number of aromatic hydroxyl groups is 1. The van der Waals surface area contributed by atoms with E-state index in [0.29, 0.717) is 11.7 Å². The van der Waals surface area contributed by atoms with Gasteiger partial charge in [-0.1, -0.05) is 38.1 Å². The minimum absolute atomic E-state index is 0.293. The number of benzene rings is 2. The Morgan fingerprint density at radius 2 is 1.83 bits per heavy atom. The molecule has 1 aliphatic rings. The van der Waals surface area contributed by atoms with E-state index in [1.165, 1.54) is 10.9 Å². The van der Waals surface area contributed by atoms with Crippen molar-refractivity contribution in [2.75, 3.05) is 11.9 Å². The monoisotopic (exact) mass is 383 g/mol. The zero-order valence-electron chi connectivity index (χ0n) is 17.4. The van der Waals surface area contributed by atoms with E-state index in [-0.39, 0.29) is 0 Å². The van der Waals surface area contributed by atoms with Gasteiger partial charge in [0.05, 0.1) is 5.69 Å². The Morgan fingerprint density at radius 1 is 1.03 bits per heavy atom. The fourth-order valence-corrected chi connectivity index (χ4v) is 3.86. The average molecular weight is 384 g/mol. The van der Waals surface area contributed by atoms with Crippen molar-refractivity contribution in [3.63, 3.8) is 0 Å². The summed E-state index contributed by atoms with van der Waals surface area (Å²) >= 11 is 0. The van der Waals surface area contributed by atoms with Gasteiger partial charge in [-0.3, -0.25) is 0 Å². The van der Waals surface area contributed by atoms with E-state index in [4.69, 9.17) is 0 Å². The fourth-order valence-electron chi connectivity index (χ4n) is 3.86. The molecule has 3 nitrogen and oxygen atoms in total. The molecule has 0 amide bonds. The number of allylic oxidation sites excluding steroid dienone is 3. The summed E-state index contributed by atoms with van der Waals surface area (Å²) in [5.41, 5.74) is 6.57. The highest BCUT2D eigenvalue weighted by atomic mass is 16.3. The van der Waals surface area contributed by atoms with Crippen molar-refractivity contribution in [2.45, 2.75) is 19.8 Å². The van der Waals surface area contributed by atoms with Crippen LogP contribution in [0.3, 0.4) is 0 Å². The van der Waals surface area contributed by atoms with E-state index in [2.05, 4.69) is 103 Å². The van der Waals surface area contributed by atoms with Crippen LogP contribution in [0, 0.1) is 0 Å². The number of phenolic OH excluding ortho intramolecular Hbond substituents is 1. The maximum absolute atomic E-state index is 10.4. The quantitative estimate of drug-likeness (QED) is 0.600. The van der Waals surface area contributed by atoms with E-state index in [1.807, 2.05) is 13.1 Å². The van der Waals surface area contributed by atoms with Gasteiger partial charge in [-0.15, -0.1) is 0 Å². The molecule has 29 heavy (non-hydrogen) atoms. The van der Waals surface area contributed by atoms with Crippen LogP contribution in [0.2, 0.25) is 0 Å². The SMILES string of the molecule is CC(C)c1cc2c(cc1O)N(C)/C(=C/C=C/c1ccc3ccccc3[n+]1C)C=C2. The minimum Gasteiger partial charge on any atom is -0.508 e. The van der Waals surface area contributed by atoms with Crippen LogP contribution in [0.15, 0.2) is 72.5 Å². The Bertz CT molecular complexity index is 1170. The van der Waals surface area contributed by atoms with Gasteiger partial charge >= 0.3 is 0 Å². The fraction of sp³-hybridized carbons (Fsp3) is 0.192. The first-order valence-corrected chi connectivity index (χ1v) is 10.0. The molecule has 0 spiro atoms. The topological polar surface area (TPSA) is 27.3 Å². The van der Waals surface area contributed by atoms with Gasteiger partial charge in [-0.25, -0.2) is 0 Å². The number of nitrogens with zero attached hydrogens (tertiary/aromatic N) is 2. The zero-order chi connectivity index (χ0) is 20.5. The largest absolute Gasteiger partial charge is 0.508 e. The number of likely N-dealkylation sites (N-methyl/N-ethyl adjacent to an activating group) is 1. The predicted octanol–water partition coefficient (Wildman–Crippen LogP) is 5.55. The van der Waals surface area contributed by atoms with Crippen LogP contribution in [0.4, 0.5) is 5.69 Å². The summed E-state index contributed by atoms with van der Waals surface area (Å²) < 4.78 is 2.20. The Morgan fingerprint density at radius 3 is 2.62 bits per heavy atom.